The predicted octanol–water partition coefficient (Wildman–Crippen LogP) is 2.66. The Morgan fingerprint density at radius 3 is 2.90 bits per heavy atom. The summed E-state index contributed by atoms with van der Waals surface area (Å²) in [6.07, 6.45) is 2.72. The zero-order valence-corrected chi connectivity index (χ0v) is 12.7. The van der Waals surface area contributed by atoms with Crippen molar-refractivity contribution < 1.29 is 4.74 Å². The monoisotopic (exact) mass is 274 g/mol. The molecule has 1 saturated carbocycles. The molecule has 1 aliphatic heterocycles. The van der Waals surface area contributed by atoms with Gasteiger partial charge in [-0.2, -0.15) is 0 Å². The van der Waals surface area contributed by atoms with E-state index < -0.39 is 0 Å². The van der Waals surface area contributed by atoms with Gasteiger partial charge in [0.05, 0.1) is 0 Å². The van der Waals surface area contributed by atoms with Crippen molar-refractivity contribution in [3.05, 3.63) is 29.8 Å². The number of hydrogen-bond donors (Lipinski definition) is 1. The minimum absolute atomic E-state index is 0.307. The summed E-state index contributed by atoms with van der Waals surface area (Å²) in [6.45, 7) is 9.76. The van der Waals surface area contributed by atoms with E-state index in [2.05, 4.69) is 48.3 Å². The Balaban J connectivity index is 1.59. The first-order chi connectivity index (χ1) is 9.62. The second kappa shape index (κ2) is 5.74. The van der Waals surface area contributed by atoms with Crippen molar-refractivity contribution in [2.24, 2.45) is 5.41 Å². The molecule has 1 N–H and O–H groups in total. The van der Waals surface area contributed by atoms with Crippen LogP contribution in [0.3, 0.4) is 0 Å². The molecule has 0 amide bonds. The summed E-state index contributed by atoms with van der Waals surface area (Å²) >= 11 is 0. The average molecular weight is 274 g/mol. The van der Waals surface area contributed by atoms with Crippen LogP contribution in [0.4, 0.5) is 0 Å². The van der Waals surface area contributed by atoms with E-state index in [4.69, 9.17) is 4.74 Å². The Morgan fingerprint density at radius 1 is 1.30 bits per heavy atom. The van der Waals surface area contributed by atoms with E-state index in [0.717, 1.165) is 44.6 Å². The largest absolute Gasteiger partial charge is 0.492 e. The fourth-order valence-corrected chi connectivity index (χ4v) is 2.88. The van der Waals surface area contributed by atoms with Gasteiger partial charge in [0, 0.05) is 37.8 Å². The number of nitrogens with one attached hydrogen (secondary N) is 1. The lowest BCUT2D eigenvalue weighted by Crippen LogP contribution is -2.41. The van der Waals surface area contributed by atoms with Gasteiger partial charge in [-0.05, 0) is 24.3 Å². The molecule has 1 aromatic rings. The van der Waals surface area contributed by atoms with Gasteiger partial charge in [0.25, 0.3) is 0 Å². The summed E-state index contributed by atoms with van der Waals surface area (Å²) in [7, 11) is 0. The van der Waals surface area contributed by atoms with Crippen LogP contribution in [0.1, 0.15) is 32.3 Å². The molecule has 0 atom stereocenters. The summed E-state index contributed by atoms with van der Waals surface area (Å²) in [6, 6.07) is 9.22. The minimum Gasteiger partial charge on any atom is -0.492 e. The van der Waals surface area contributed by atoms with Crippen molar-refractivity contribution in [3.8, 4) is 5.75 Å². The van der Waals surface area contributed by atoms with Crippen molar-refractivity contribution in [1.82, 2.24) is 10.2 Å². The number of para-hydroxylation sites is 1. The number of fused-ring (bicyclic) bond motifs is 1. The van der Waals surface area contributed by atoms with E-state index in [-0.39, 0.29) is 0 Å². The number of rotatable bonds is 5. The summed E-state index contributed by atoms with van der Waals surface area (Å²) in [5, 5.41) is 3.66. The smallest absolute Gasteiger partial charge is 0.123 e. The zero-order valence-electron chi connectivity index (χ0n) is 12.7. The van der Waals surface area contributed by atoms with Crippen molar-refractivity contribution in [1.29, 1.82) is 0 Å². The first kappa shape index (κ1) is 13.9. The van der Waals surface area contributed by atoms with Gasteiger partial charge in [-0.25, -0.2) is 0 Å². The van der Waals surface area contributed by atoms with Crippen LogP contribution in [-0.2, 0) is 6.54 Å². The van der Waals surface area contributed by atoms with Gasteiger partial charge in [0.1, 0.15) is 12.4 Å². The normalized spacial score (nSPS) is 20.1. The molecule has 1 fully saturated rings. The molecule has 3 heteroatoms. The molecule has 3 nitrogen and oxygen atoms in total. The number of nitrogens with zero attached hydrogens (tertiary/aromatic N) is 1. The molecule has 0 radical (unpaired) electrons. The molecule has 0 unspecified atom stereocenters. The highest BCUT2D eigenvalue weighted by Gasteiger charge is 2.27. The Labute approximate surface area is 122 Å². The quantitative estimate of drug-likeness (QED) is 0.893. The van der Waals surface area contributed by atoms with Gasteiger partial charge < -0.3 is 10.1 Å². The van der Waals surface area contributed by atoms with Crippen LogP contribution < -0.4 is 10.1 Å². The molecule has 0 saturated heterocycles. The van der Waals surface area contributed by atoms with Crippen LogP contribution in [0.2, 0.25) is 0 Å². The van der Waals surface area contributed by atoms with Gasteiger partial charge in [-0.15, -0.1) is 0 Å². The summed E-state index contributed by atoms with van der Waals surface area (Å²) in [5.41, 5.74) is 1.62. The predicted molar refractivity (Wildman–Crippen MR) is 82.0 cm³/mol. The maximum absolute atomic E-state index is 5.84. The highest BCUT2D eigenvalue weighted by Crippen LogP contribution is 2.26. The molecule has 0 aromatic heterocycles. The summed E-state index contributed by atoms with van der Waals surface area (Å²) in [5.74, 6) is 1.06. The maximum Gasteiger partial charge on any atom is 0.123 e. The molecular formula is C17H26N2O. The number of benzene rings is 1. The first-order valence-corrected chi connectivity index (χ1v) is 7.79. The second-order valence-corrected chi connectivity index (χ2v) is 6.99. The van der Waals surface area contributed by atoms with E-state index >= 15 is 0 Å². The van der Waals surface area contributed by atoms with E-state index in [1.807, 2.05) is 0 Å². The average Bonchev–Trinajstić information content (AvgIpc) is 3.23. The van der Waals surface area contributed by atoms with Gasteiger partial charge >= 0.3 is 0 Å². The van der Waals surface area contributed by atoms with Crippen LogP contribution in [0.15, 0.2) is 24.3 Å². The lowest BCUT2D eigenvalue weighted by Gasteiger charge is -2.32. The van der Waals surface area contributed by atoms with Crippen molar-refractivity contribution in [2.45, 2.75) is 39.3 Å². The van der Waals surface area contributed by atoms with Crippen LogP contribution in [-0.4, -0.2) is 37.2 Å². The fraction of sp³-hybridized carbons (Fsp3) is 0.647. The van der Waals surface area contributed by atoms with E-state index in [1.165, 1.54) is 18.4 Å². The van der Waals surface area contributed by atoms with Crippen molar-refractivity contribution >= 4 is 0 Å². The highest BCUT2D eigenvalue weighted by molar-refractivity contribution is 5.33. The Morgan fingerprint density at radius 2 is 2.10 bits per heavy atom. The van der Waals surface area contributed by atoms with Gasteiger partial charge in [0.2, 0.25) is 0 Å². The molecule has 1 aliphatic carbocycles. The van der Waals surface area contributed by atoms with Crippen molar-refractivity contribution in [2.75, 3.05) is 26.2 Å². The number of hydrogen-bond acceptors (Lipinski definition) is 3. The van der Waals surface area contributed by atoms with E-state index in [1.54, 1.807) is 0 Å². The topological polar surface area (TPSA) is 24.5 Å². The molecular weight excluding hydrogens is 248 g/mol. The lowest BCUT2D eigenvalue weighted by molar-refractivity contribution is 0.155. The van der Waals surface area contributed by atoms with Gasteiger partial charge in [-0.1, -0.05) is 32.0 Å². The molecule has 2 aliphatic rings. The summed E-state index contributed by atoms with van der Waals surface area (Å²) < 4.78 is 5.84. The zero-order chi connectivity index (χ0) is 14.0. The van der Waals surface area contributed by atoms with E-state index in [0.29, 0.717) is 5.41 Å². The number of ether oxygens (including phenoxy) is 1. The van der Waals surface area contributed by atoms with Crippen molar-refractivity contribution in [3.63, 3.8) is 0 Å². The Kier molecular flexibility index (Phi) is 3.99. The second-order valence-electron chi connectivity index (χ2n) is 6.99. The Hall–Kier alpha value is -1.06. The van der Waals surface area contributed by atoms with Crippen LogP contribution in [0, 0.1) is 5.41 Å². The van der Waals surface area contributed by atoms with Gasteiger partial charge in [-0.3, -0.25) is 4.90 Å². The SMILES string of the molecule is CC(C)(CNC1CC1)CN1CCOc2ccccc2C1. The van der Waals surface area contributed by atoms with Crippen LogP contribution in [0.25, 0.3) is 0 Å². The van der Waals surface area contributed by atoms with E-state index in [9.17, 15) is 0 Å². The molecule has 110 valence electrons. The third kappa shape index (κ3) is 3.74. The van der Waals surface area contributed by atoms with Gasteiger partial charge in [0.15, 0.2) is 0 Å². The fourth-order valence-electron chi connectivity index (χ4n) is 2.88. The first-order valence-electron chi connectivity index (χ1n) is 7.79. The maximum atomic E-state index is 5.84. The van der Waals surface area contributed by atoms with Crippen LogP contribution in [0.5, 0.6) is 5.75 Å². The lowest BCUT2D eigenvalue weighted by atomic mass is 9.92. The molecule has 3 rings (SSSR count). The molecule has 20 heavy (non-hydrogen) atoms. The Bertz CT molecular complexity index is 454. The summed E-state index contributed by atoms with van der Waals surface area (Å²) in [4.78, 5) is 2.53. The molecule has 0 bridgehead atoms. The molecule has 1 heterocycles. The minimum atomic E-state index is 0.307. The third-order valence-corrected chi connectivity index (χ3v) is 4.13. The third-order valence-electron chi connectivity index (χ3n) is 4.13. The standard InChI is InChI=1S/C17H26N2O/c1-17(2,12-18-15-7-8-15)13-19-9-10-20-16-6-4-3-5-14(16)11-19/h3-6,15,18H,7-13H2,1-2H3. The molecule has 1 aromatic carbocycles. The molecule has 0 spiro atoms. The van der Waals surface area contributed by atoms with Crippen LogP contribution >= 0.6 is 0 Å². The highest BCUT2D eigenvalue weighted by atomic mass is 16.5.